The number of carbonyl (C=O) groups excluding carboxylic acids is 3. The number of allylic oxidation sites excluding steroid dienone is 1. The Kier molecular flexibility index (Phi) is 11.2. The predicted octanol–water partition coefficient (Wildman–Crippen LogP) is 6.20. The van der Waals surface area contributed by atoms with Gasteiger partial charge in [-0.3, -0.25) is 14.9 Å². The topological polar surface area (TPSA) is 135 Å². The zero-order valence-electron chi connectivity index (χ0n) is 27.2. The molecule has 2 aliphatic heterocycles. The summed E-state index contributed by atoms with van der Waals surface area (Å²) in [6, 6.07) is 14.9. The number of ether oxygens (including phenoxy) is 3. The van der Waals surface area contributed by atoms with E-state index in [1.165, 1.54) is 29.2 Å². The second-order valence-electron chi connectivity index (χ2n) is 11.6. The van der Waals surface area contributed by atoms with Crippen molar-refractivity contribution >= 4 is 31.9 Å². The van der Waals surface area contributed by atoms with Crippen LogP contribution >= 0.6 is 0 Å². The fourth-order valence-corrected chi connectivity index (χ4v) is 9.23. The molecule has 1 saturated heterocycles. The van der Waals surface area contributed by atoms with Crippen molar-refractivity contribution in [1.82, 2.24) is 4.90 Å². The normalized spacial score (nSPS) is 19.9. The molecule has 0 unspecified atom stereocenters. The third kappa shape index (κ3) is 7.07. The molecule has 246 valence electrons. The molecule has 0 radical (unpaired) electrons. The molecular formula is C34H42N2O9Si. The van der Waals surface area contributed by atoms with Gasteiger partial charge in [0.1, 0.15) is 24.7 Å². The maximum absolute atomic E-state index is 13.7. The highest BCUT2D eigenvalue weighted by molar-refractivity contribution is 6.73. The number of fused-ring (bicyclic) bond motifs is 1. The maximum Gasteiger partial charge on any atom is 0.355 e. The molecule has 4 atom stereocenters. The van der Waals surface area contributed by atoms with Gasteiger partial charge < -0.3 is 23.5 Å². The number of β-lactam (4-membered cyclic amide) rings is 1. The van der Waals surface area contributed by atoms with Crippen molar-refractivity contribution in [2.75, 3.05) is 13.7 Å². The van der Waals surface area contributed by atoms with E-state index in [0.29, 0.717) is 22.4 Å². The molecule has 0 aromatic heterocycles. The Morgan fingerprint density at radius 1 is 1.00 bits per heavy atom. The SMILES string of the molecule is CC[Si](CC)(CC)O[C@H](C)[C@H]1C(=O)N2C(C(=O)OCc3ccc([N+](=O)[O-])cc3)=C(/C=C/COC(=O)c3ccc(OC)cc3)[C@H](C)[C@H]12. The summed E-state index contributed by atoms with van der Waals surface area (Å²) in [6.07, 6.45) is 3.05. The van der Waals surface area contributed by atoms with Crippen LogP contribution in [0.15, 0.2) is 72.0 Å². The van der Waals surface area contributed by atoms with Crippen LogP contribution in [0.5, 0.6) is 5.75 Å². The first-order valence-electron chi connectivity index (χ1n) is 15.6. The van der Waals surface area contributed by atoms with Crippen molar-refractivity contribution in [2.24, 2.45) is 11.8 Å². The number of esters is 2. The van der Waals surface area contributed by atoms with Gasteiger partial charge in [0.05, 0.1) is 35.7 Å². The molecule has 0 N–H and O–H groups in total. The minimum atomic E-state index is -2.00. The van der Waals surface area contributed by atoms with Crippen LogP contribution < -0.4 is 4.74 Å². The van der Waals surface area contributed by atoms with Crippen molar-refractivity contribution in [3.8, 4) is 5.75 Å². The van der Waals surface area contributed by atoms with Crippen LogP contribution in [0.25, 0.3) is 0 Å². The fraction of sp³-hybridized carbons (Fsp3) is 0.441. The summed E-state index contributed by atoms with van der Waals surface area (Å²) in [5.41, 5.74) is 1.62. The van der Waals surface area contributed by atoms with E-state index in [0.717, 1.165) is 18.1 Å². The number of non-ortho nitro benzene ring substituents is 1. The Labute approximate surface area is 270 Å². The van der Waals surface area contributed by atoms with Crippen molar-refractivity contribution < 1.29 is 37.9 Å². The number of rotatable bonds is 15. The summed E-state index contributed by atoms with van der Waals surface area (Å²) < 4.78 is 22.9. The summed E-state index contributed by atoms with van der Waals surface area (Å²) in [6.45, 7) is 10.2. The molecule has 46 heavy (non-hydrogen) atoms. The Bertz CT molecular complexity index is 1490. The van der Waals surface area contributed by atoms with Crippen molar-refractivity contribution in [2.45, 2.75) is 71.5 Å². The molecule has 4 rings (SSSR count). The third-order valence-corrected chi connectivity index (χ3v) is 14.0. The average molecular weight is 651 g/mol. The van der Waals surface area contributed by atoms with E-state index in [2.05, 4.69) is 20.8 Å². The minimum Gasteiger partial charge on any atom is -0.497 e. The molecule has 2 aromatic rings. The second kappa shape index (κ2) is 14.9. The number of benzene rings is 2. The van der Waals surface area contributed by atoms with E-state index in [9.17, 15) is 24.5 Å². The molecule has 0 aliphatic carbocycles. The fourth-order valence-electron chi connectivity index (χ4n) is 6.30. The Morgan fingerprint density at radius 3 is 2.20 bits per heavy atom. The summed E-state index contributed by atoms with van der Waals surface area (Å²) >= 11 is 0. The van der Waals surface area contributed by atoms with Gasteiger partial charge in [0.25, 0.3) is 5.69 Å². The number of carbonyl (C=O) groups is 3. The molecule has 2 heterocycles. The van der Waals surface area contributed by atoms with E-state index < -0.39 is 31.1 Å². The summed E-state index contributed by atoms with van der Waals surface area (Å²) in [5.74, 6) is -1.39. The first-order chi connectivity index (χ1) is 22.0. The smallest absolute Gasteiger partial charge is 0.355 e. The van der Waals surface area contributed by atoms with E-state index in [1.807, 2.05) is 13.8 Å². The summed E-state index contributed by atoms with van der Waals surface area (Å²) in [5, 5.41) is 11.0. The van der Waals surface area contributed by atoms with Gasteiger partial charge >= 0.3 is 11.9 Å². The lowest BCUT2D eigenvalue weighted by atomic mass is 9.77. The molecule has 0 bridgehead atoms. The molecule has 0 spiro atoms. The average Bonchev–Trinajstić information content (AvgIpc) is 3.31. The van der Waals surface area contributed by atoms with Crippen LogP contribution in [-0.4, -0.2) is 61.8 Å². The first kappa shape index (κ1) is 34.6. The molecule has 0 saturated carbocycles. The maximum atomic E-state index is 13.7. The monoisotopic (exact) mass is 650 g/mol. The number of methoxy groups -OCH3 is 1. The van der Waals surface area contributed by atoms with E-state index in [4.69, 9.17) is 18.6 Å². The van der Waals surface area contributed by atoms with Gasteiger partial charge in [-0.2, -0.15) is 0 Å². The number of nitrogens with zero attached hydrogens (tertiary/aromatic N) is 2. The lowest BCUT2D eigenvalue weighted by Crippen LogP contribution is -2.65. The van der Waals surface area contributed by atoms with Gasteiger partial charge in [-0.05, 0) is 78.7 Å². The van der Waals surface area contributed by atoms with E-state index in [-0.39, 0.29) is 48.6 Å². The van der Waals surface area contributed by atoms with Crippen molar-refractivity contribution in [1.29, 1.82) is 0 Å². The third-order valence-electron chi connectivity index (χ3n) is 9.22. The largest absolute Gasteiger partial charge is 0.497 e. The van der Waals surface area contributed by atoms with E-state index in [1.54, 1.807) is 43.5 Å². The van der Waals surface area contributed by atoms with Crippen LogP contribution in [0.2, 0.25) is 18.1 Å². The number of nitro groups is 1. The molecular weight excluding hydrogens is 608 g/mol. The lowest BCUT2D eigenvalue weighted by Gasteiger charge is -2.49. The highest BCUT2D eigenvalue weighted by Gasteiger charge is 2.60. The minimum absolute atomic E-state index is 0.0502. The van der Waals surface area contributed by atoms with Gasteiger partial charge in [0, 0.05) is 18.1 Å². The van der Waals surface area contributed by atoms with Crippen molar-refractivity contribution in [3.63, 3.8) is 0 Å². The standard InChI is InChI=1S/C34H42N2O9Si/c1-7-46(8-2,9-3)45-23(5)29-30-22(4)28(11-10-20-43-33(38)25-14-18-27(42-6)19-15-25)31(35(30)32(29)37)34(39)44-21-24-12-16-26(17-13-24)36(40)41/h10-19,22-23,29-30H,7-9,20-21H2,1-6H3/b11-10+/t22-,23+,29+,30+/m0/s1. The predicted molar refractivity (Wildman–Crippen MR) is 173 cm³/mol. The van der Waals surface area contributed by atoms with Crippen LogP contribution in [-0.2, 0) is 30.1 Å². The number of hydrogen-bond acceptors (Lipinski definition) is 9. The van der Waals surface area contributed by atoms with Gasteiger partial charge in [0.2, 0.25) is 5.91 Å². The van der Waals surface area contributed by atoms with Crippen LogP contribution in [0.3, 0.4) is 0 Å². The first-order valence-corrected chi connectivity index (χ1v) is 18.2. The lowest BCUT2D eigenvalue weighted by molar-refractivity contribution is -0.384. The summed E-state index contributed by atoms with van der Waals surface area (Å²) in [7, 11) is -0.455. The molecule has 1 amide bonds. The molecule has 1 fully saturated rings. The van der Waals surface area contributed by atoms with Gasteiger partial charge in [-0.1, -0.05) is 33.8 Å². The molecule has 12 heteroatoms. The quantitative estimate of drug-likeness (QED) is 0.0726. The molecule has 2 aliphatic rings. The Balaban J connectivity index is 1.54. The molecule has 11 nitrogen and oxygen atoms in total. The molecule has 2 aromatic carbocycles. The van der Waals surface area contributed by atoms with Crippen LogP contribution in [0.4, 0.5) is 5.69 Å². The summed E-state index contributed by atoms with van der Waals surface area (Å²) in [4.78, 5) is 51.8. The van der Waals surface area contributed by atoms with Gasteiger partial charge in [-0.25, -0.2) is 9.59 Å². The number of amides is 1. The van der Waals surface area contributed by atoms with Crippen molar-refractivity contribution in [3.05, 3.63) is 93.2 Å². The zero-order valence-corrected chi connectivity index (χ0v) is 28.2. The Morgan fingerprint density at radius 2 is 1.63 bits per heavy atom. The van der Waals surface area contributed by atoms with Crippen LogP contribution in [0.1, 0.15) is 50.5 Å². The number of hydrogen-bond donors (Lipinski definition) is 0. The van der Waals surface area contributed by atoms with Crippen LogP contribution in [0, 0.1) is 22.0 Å². The van der Waals surface area contributed by atoms with E-state index >= 15 is 0 Å². The highest BCUT2D eigenvalue weighted by Crippen LogP contribution is 2.49. The van der Waals surface area contributed by atoms with Gasteiger partial charge in [0.15, 0.2) is 8.32 Å². The Hall–Kier alpha value is -4.29. The highest BCUT2D eigenvalue weighted by atomic mass is 28.4. The number of nitro benzene ring substituents is 1. The zero-order chi connectivity index (χ0) is 33.6. The second-order valence-corrected chi connectivity index (χ2v) is 16.3. The van der Waals surface area contributed by atoms with Gasteiger partial charge in [-0.15, -0.1) is 0 Å².